The van der Waals surface area contributed by atoms with E-state index in [2.05, 4.69) is 67.3 Å². The molecular weight excluding hydrogens is 609 g/mol. The molecule has 0 aliphatic rings. The van der Waals surface area contributed by atoms with Gasteiger partial charge >= 0.3 is 0 Å². The fourth-order valence-corrected chi connectivity index (χ4v) is 4.81. The predicted molar refractivity (Wildman–Crippen MR) is 198 cm³/mol. The molecule has 0 aliphatic carbocycles. The van der Waals surface area contributed by atoms with Gasteiger partial charge in [0.15, 0.2) is 0 Å². The van der Waals surface area contributed by atoms with Gasteiger partial charge in [-0.25, -0.2) is 0 Å². The molecule has 0 saturated heterocycles. The minimum atomic E-state index is 0.800. The van der Waals surface area contributed by atoms with Gasteiger partial charge in [0, 0.05) is 69.3 Å². The number of aromatic nitrogens is 4. The van der Waals surface area contributed by atoms with Gasteiger partial charge in [-0.05, 0) is 121 Å². The number of rotatable bonds is 2. The van der Waals surface area contributed by atoms with Crippen molar-refractivity contribution >= 4 is 0 Å². The van der Waals surface area contributed by atoms with Crippen LogP contribution in [0, 0.1) is 47.4 Å². The second-order valence-electron chi connectivity index (χ2n) is 11.0. The van der Waals surface area contributed by atoms with E-state index in [0.29, 0.717) is 0 Å². The van der Waals surface area contributed by atoms with Crippen LogP contribution in [0.5, 0.6) is 0 Å². The molecule has 230 valence electrons. The zero-order chi connectivity index (χ0) is 33.8. The highest BCUT2D eigenvalue weighted by Crippen LogP contribution is 2.16. The van der Waals surface area contributed by atoms with E-state index in [1.165, 1.54) is 0 Å². The van der Waals surface area contributed by atoms with Gasteiger partial charge in [-0.15, -0.1) is 0 Å². The average molecular weight is 635 g/mol. The fourth-order valence-electron chi connectivity index (χ4n) is 4.81. The van der Waals surface area contributed by atoms with Gasteiger partial charge in [0.1, 0.15) is 0 Å². The van der Waals surface area contributed by atoms with Crippen LogP contribution in [0.15, 0.2) is 158 Å². The Labute approximate surface area is 292 Å². The van der Waals surface area contributed by atoms with Gasteiger partial charge in [-0.2, -0.15) is 0 Å². The van der Waals surface area contributed by atoms with Crippen LogP contribution < -0.4 is 0 Å². The summed E-state index contributed by atoms with van der Waals surface area (Å²) in [6.07, 6.45) is 7.03. The highest BCUT2D eigenvalue weighted by atomic mass is 14.8. The molecule has 4 aromatic heterocycles. The van der Waals surface area contributed by atoms with Crippen molar-refractivity contribution < 1.29 is 0 Å². The summed E-state index contributed by atoms with van der Waals surface area (Å²) < 4.78 is 0. The lowest BCUT2D eigenvalue weighted by molar-refractivity contribution is 1.24. The minimum Gasteiger partial charge on any atom is -0.255 e. The lowest BCUT2D eigenvalue weighted by Crippen LogP contribution is -1.87. The van der Waals surface area contributed by atoms with Crippen LogP contribution in [0.2, 0.25) is 0 Å². The Bertz CT molecular complexity index is 2330. The molecule has 0 spiro atoms. The summed E-state index contributed by atoms with van der Waals surface area (Å²) in [6.45, 7) is 0. The number of nitrogens with zero attached hydrogens (tertiary/aromatic N) is 4. The van der Waals surface area contributed by atoms with E-state index >= 15 is 0 Å². The molecule has 0 N–H and O–H groups in total. The van der Waals surface area contributed by atoms with Crippen LogP contribution in [0.1, 0.15) is 44.5 Å². The molecule has 0 bridgehead atoms. The predicted octanol–water partition coefficient (Wildman–Crippen LogP) is 8.20. The zero-order valence-corrected chi connectivity index (χ0v) is 26.8. The number of pyridine rings is 4. The molecule has 0 saturated carbocycles. The third-order valence-corrected chi connectivity index (χ3v) is 7.43. The summed E-state index contributed by atoms with van der Waals surface area (Å²) in [5, 5.41) is 0. The molecule has 4 heterocycles. The van der Waals surface area contributed by atoms with Gasteiger partial charge in [-0.1, -0.05) is 59.5 Å². The van der Waals surface area contributed by atoms with Crippen LogP contribution in [-0.4, -0.2) is 19.9 Å². The Kier molecular flexibility index (Phi) is 9.58. The van der Waals surface area contributed by atoms with E-state index in [0.717, 1.165) is 67.3 Å². The van der Waals surface area contributed by atoms with Crippen molar-refractivity contribution in [2.24, 2.45) is 0 Å². The standard InChI is InChI=1S/C46H26N4/c1-3-29-47-43(5-1)45-33-41(27-31-49-45)25-23-39-19-15-37(16-20-39)13-11-35-7-9-36(10-8-35)12-14-38-17-21-40(22-18-38)24-26-42-28-32-50-46(34-42)44-6-2-4-30-48-44/h1-10,15-22,27-34H. The normalized spacial score (nSPS) is 9.76. The fraction of sp³-hybridized carbons (Fsp3) is 0. The van der Waals surface area contributed by atoms with Gasteiger partial charge in [-0.3, -0.25) is 19.9 Å². The summed E-state index contributed by atoms with van der Waals surface area (Å²) in [4.78, 5) is 17.6. The number of hydrogen-bond acceptors (Lipinski definition) is 4. The first-order valence-corrected chi connectivity index (χ1v) is 15.9. The summed E-state index contributed by atoms with van der Waals surface area (Å²) >= 11 is 0. The Morgan fingerprint density at radius 2 is 0.520 bits per heavy atom. The lowest BCUT2D eigenvalue weighted by Gasteiger charge is -1.99. The van der Waals surface area contributed by atoms with Crippen molar-refractivity contribution in [2.75, 3.05) is 0 Å². The molecule has 3 aromatic carbocycles. The van der Waals surface area contributed by atoms with Crippen LogP contribution >= 0.6 is 0 Å². The summed E-state index contributed by atoms with van der Waals surface area (Å²) in [5.74, 6) is 25.8. The molecule has 7 rings (SSSR count). The molecule has 0 aliphatic heterocycles. The van der Waals surface area contributed by atoms with Crippen molar-refractivity contribution in [3.8, 4) is 70.1 Å². The Morgan fingerprint density at radius 1 is 0.240 bits per heavy atom. The summed E-state index contributed by atoms with van der Waals surface area (Å²) in [5.41, 5.74) is 10.5. The second-order valence-corrected chi connectivity index (χ2v) is 11.0. The third kappa shape index (κ3) is 8.45. The Morgan fingerprint density at radius 3 is 0.800 bits per heavy atom. The second kappa shape index (κ2) is 15.4. The minimum absolute atomic E-state index is 0.800. The maximum absolute atomic E-state index is 4.41. The summed E-state index contributed by atoms with van der Waals surface area (Å²) in [6, 6.07) is 43.1. The Hall–Kier alpha value is -7.50. The number of hydrogen-bond donors (Lipinski definition) is 0. The monoisotopic (exact) mass is 634 g/mol. The van der Waals surface area contributed by atoms with Gasteiger partial charge in [0.2, 0.25) is 0 Å². The highest BCUT2D eigenvalue weighted by molar-refractivity contribution is 5.59. The number of benzene rings is 3. The van der Waals surface area contributed by atoms with Crippen LogP contribution in [0.25, 0.3) is 22.8 Å². The van der Waals surface area contributed by atoms with E-state index in [1.807, 2.05) is 133 Å². The lowest BCUT2D eigenvalue weighted by atomic mass is 10.1. The quantitative estimate of drug-likeness (QED) is 0.180. The van der Waals surface area contributed by atoms with Crippen LogP contribution in [0.4, 0.5) is 0 Å². The SMILES string of the molecule is C(#Cc1ccc(C#Cc2ccnc(-c3ccccn3)c2)cc1)c1ccc(C#Cc2ccc(C#Cc3ccnc(-c4ccccn4)c3)cc2)cc1. The molecule has 0 atom stereocenters. The van der Waals surface area contributed by atoms with Crippen molar-refractivity contribution in [3.05, 3.63) is 203 Å². The van der Waals surface area contributed by atoms with E-state index in [-0.39, 0.29) is 0 Å². The molecule has 0 fully saturated rings. The van der Waals surface area contributed by atoms with Gasteiger partial charge in [0.25, 0.3) is 0 Å². The van der Waals surface area contributed by atoms with Gasteiger partial charge < -0.3 is 0 Å². The van der Waals surface area contributed by atoms with E-state index in [1.54, 1.807) is 24.8 Å². The van der Waals surface area contributed by atoms with Crippen molar-refractivity contribution in [3.63, 3.8) is 0 Å². The average Bonchev–Trinajstić information content (AvgIpc) is 3.20. The van der Waals surface area contributed by atoms with E-state index in [9.17, 15) is 0 Å². The smallest absolute Gasteiger partial charge is 0.0898 e. The van der Waals surface area contributed by atoms with Crippen LogP contribution in [0.3, 0.4) is 0 Å². The molecule has 0 amide bonds. The molecular formula is C46H26N4. The molecule has 7 aromatic rings. The van der Waals surface area contributed by atoms with E-state index in [4.69, 9.17) is 0 Å². The maximum Gasteiger partial charge on any atom is 0.0898 e. The molecule has 4 nitrogen and oxygen atoms in total. The van der Waals surface area contributed by atoms with Crippen LogP contribution in [-0.2, 0) is 0 Å². The Balaban J connectivity index is 0.945. The maximum atomic E-state index is 4.41. The van der Waals surface area contributed by atoms with Gasteiger partial charge in [0.05, 0.1) is 22.8 Å². The largest absolute Gasteiger partial charge is 0.255 e. The zero-order valence-electron chi connectivity index (χ0n) is 26.8. The highest BCUT2D eigenvalue weighted by Gasteiger charge is 2.01. The molecule has 0 radical (unpaired) electrons. The van der Waals surface area contributed by atoms with E-state index < -0.39 is 0 Å². The van der Waals surface area contributed by atoms with Crippen molar-refractivity contribution in [1.82, 2.24) is 19.9 Å². The summed E-state index contributed by atoms with van der Waals surface area (Å²) in [7, 11) is 0. The molecule has 0 unspecified atom stereocenters. The third-order valence-electron chi connectivity index (χ3n) is 7.43. The topological polar surface area (TPSA) is 51.6 Å². The molecule has 4 heteroatoms. The van der Waals surface area contributed by atoms with Crippen molar-refractivity contribution in [1.29, 1.82) is 0 Å². The first-order valence-electron chi connectivity index (χ1n) is 15.9. The molecule has 50 heavy (non-hydrogen) atoms. The first kappa shape index (κ1) is 31.1. The van der Waals surface area contributed by atoms with Crippen molar-refractivity contribution in [2.45, 2.75) is 0 Å². The first-order chi connectivity index (χ1) is 24.7.